The van der Waals surface area contributed by atoms with Crippen molar-refractivity contribution in [2.24, 2.45) is 0 Å². The first-order valence-corrected chi connectivity index (χ1v) is 10.9. The summed E-state index contributed by atoms with van der Waals surface area (Å²) in [6.07, 6.45) is 4.44. The van der Waals surface area contributed by atoms with Crippen LogP contribution in [0.2, 0.25) is 0 Å². The number of nitrogens with one attached hydrogen (secondary N) is 1. The van der Waals surface area contributed by atoms with Gasteiger partial charge in [0.15, 0.2) is 0 Å². The summed E-state index contributed by atoms with van der Waals surface area (Å²) in [5.41, 5.74) is 4.18. The van der Waals surface area contributed by atoms with Gasteiger partial charge in [0.25, 0.3) is 0 Å². The lowest BCUT2D eigenvalue weighted by molar-refractivity contribution is 0.433. The lowest BCUT2D eigenvalue weighted by atomic mass is 9.81. The van der Waals surface area contributed by atoms with Crippen molar-refractivity contribution in [3.63, 3.8) is 0 Å². The van der Waals surface area contributed by atoms with Crippen LogP contribution in [-0.4, -0.2) is 15.0 Å². The van der Waals surface area contributed by atoms with Gasteiger partial charge in [-0.05, 0) is 78.8 Å². The van der Waals surface area contributed by atoms with Crippen molar-refractivity contribution in [3.05, 3.63) is 51.2 Å². The van der Waals surface area contributed by atoms with Crippen LogP contribution in [0, 0.1) is 20.8 Å². The third-order valence-corrected chi connectivity index (χ3v) is 7.60. The maximum atomic E-state index is 12.9. The van der Waals surface area contributed by atoms with E-state index in [-0.39, 0.29) is 5.41 Å². The van der Waals surface area contributed by atoms with E-state index in [9.17, 15) is 8.42 Å². The number of aryl methyl sites for hydroxylation is 3. The van der Waals surface area contributed by atoms with Crippen molar-refractivity contribution in [1.29, 1.82) is 0 Å². The molecule has 1 N–H and O–H groups in total. The molecular weight excluding hydrogens is 338 g/mol. The van der Waals surface area contributed by atoms with Gasteiger partial charge >= 0.3 is 0 Å². The number of thiophene rings is 1. The van der Waals surface area contributed by atoms with Crippen LogP contribution < -0.4 is 4.72 Å². The Morgan fingerprint density at radius 1 is 1.08 bits per heavy atom. The Morgan fingerprint density at radius 3 is 2.38 bits per heavy atom. The number of hydrogen-bond acceptors (Lipinski definition) is 3. The zero-order valence-corrected chi connectivity index (χ0v) is 16.2. The summed E-state index contributed by atoms with van der Waals surface area (Å²) in [6, 6.07) is 5.89. The van der Waals surface area contributed by atoms with Crippen LogP contribution in [0.3, 0.4) is 0 Å². The molecule has 1 aliphatic carbocycles. The topological polar surface area (TPSA) is 46.2 Å². The van der Waals surface area contributed by atoms with Crippen LogP contribution in [0.25, 0.3) is 0 Å². The molecule has 1 fully saturated rings. The maximum Gasteiger partial charge on any atom is 0.240 e. The van der Waals surface area contributed by atoms with Gasteiger partial charge in [-0.15, -0.1) is 0 Å². The Bertz CT molecular complexity index is 817. The molecule has 130 valence electrons. The highest BCUT2D eigenvalue weighted by Crippen LogP contribution is 2.41. The molecule has 0 atom stereocenters. The Balaban J connectivity index is 1.86. The maximum absolute atomic E-state index is 12.9. The fourth-order valence-corrected chi connectivity index (χ4v) is 5.94. The number of hydrogen-bond donors (Lipinski definition) is 1. The van der Waals surface area contributed by atoms with Gasteiger partial charge in [0.1, 0.15) is 0 Å². The lowest BCUT2D eigenvalue weighted by Gasteiger charge is -2.29. The summed E-state index contributed by atoms with van der Waals surface area (Å²) in [6.45, 7) is 6.32. The van der Waals surface area contributed by atoms with Crippen LogP contribution in [0.15, 0.2) is 33.9 Å². The van der Waals surface area contributed by atoms with Crippen LogP contribution in [0.5, 0.6) is 0 Å². The Kier molecular flexibility index (Phi) is 4.87. The fraction of sp³-hybridized carbons (Fsp3) is 0.474. The van der Waals surface area contributed by atoms with E-state index in [0.717, 1.165) is 29.5 Å². The summed E-state index contributed by atoms with van der Waals surface area (Å²) in [4.78, 5) is 0.407. The molecular formula is C19H25NO2S2. The monoisotopic (exact) mass is 363 g/mol. The molecule has 1 saturated carbocycles. The summed E-state index contributed by atoms with van der Waals surface area (Å²) in [7, 11) is -3.49. The van der Waals surface area contributed by atoms with Gasteiger partial charge in [0.2, 0.25) is 10.0 Å². The van der Waals surface area contributed by atoms with Crippen molar-refractivity contribution in [2.75, 3.05) is 6.54 Å². The van der Waals surface area contributed by atoms with Crippen molar-refractivity contribution in [3.8, 4) is 0 Å². The summed E-state index contributed by atoms with van der Waals surface area (Å²) in [5.74, 6) is 0. The van der Waals surface area contributed by atoms with Crippen molar-refractivity contribution >= 4 is 21.4 Å². The van der Waals surface area contributed by atoms with Gasteiger partial charge in [-0.3, -0.25) is 0 Å². The molecule has 3 nitrogen and oxygen atoms in total. The first-order valence-electron chi connectivity index (χ1n) is 8.44. The molecule has 0 unspecified atom stereocenters. The van der Waals surface area contributed by atoms with Crippen molar-refractivity contribution < 1.29 is 8.42 Å². The smallest absolute Gasteiger partial charge is 0.210 e. The molecule has 0 spiro atoms. The van der Waals surface area contributed by atoms with E-state index >= 15 is 0 Å². The van der Waals surface area contributed by atoms with E-state index in [1.54, 1.807) is 17.4 Å². The van der Waals surface area contributed by atoms with E-state index in [1.807, 2.05) is 26.8 Å². The minimum Gasteiger partial charge on any atom is -0.210 e. The average molecular weight is 364 g/mol. The Morgan fingerprint density at radius 2 is 1.75 bits per heavy atom. The number of rotatable bonds is 5. The Hall–Kier alpha value is -1.17. The lowest BCUT2D eigenvalue weighted by Crippen LogP contribution is -2.39. The van der Waals surface area contributed by atoms with Crippen molar-refractivity contribution in [1.82, 2.24) is 4.72 Å². The first-order chi connectivity index (χ1) is 11.3. The molecule has 3 rings (SSSR count). The molecule has 1 heterocycles. The highest BCUT2D eigenvalue weighted by molar-refractivity contribution is 7.89. The van der Waals surface area contributed by atoms with Crippen LogP contribution in [0.4, 0.5) is 0 Å². The SMILES string of the molecule is Cc1cc(C)c(S(=O)(=O)NCC2(c3ccsc3)CCCC2)cc1C. The summed E-state index contributed by atoms with van der Waals surface area (Å²) < 4.78 is 28.7. The highest BCUT2D eigenvalue weighted by Gasteiger charge is 2.37. The molecule has 2 aromatic rings. The van der Waals surface area contributed by atoms with E-state index in [4.69, 9.17) is 0 Å². The van der Waals surface area contributed by atoms with E-state index in [2.05, 4.69) is 21.5 Å². The third-order valence-electron chi connectivity index (χ3n) is 5.38. The van der Waals surface area contributed by atoms with Crippen LogP contribution in [-0.2, 0) is 15.4 Å². The zero-order chi connectivity index (χ0) is 17.4. The molecule has 1 aliphatic rings. The molecule has 0 saturated heterocycles. The predicted octanol–water partition coefficient (Wildman–Crippen LogP) is 4.46. The second-order valence-corrected chi connectivity index (χ2v) is 9.54. The Labute approximate surface area is 149 Å². The average Bonchev–Trinajstić information content (AvgIpc) is 3.20. The molecule has 1 aromatic heterocycles. The van der Waals surface area contributed by atoms with Gasteiger partial charge in [0, 0.05) is 12.0 Å². The predicted molar refractivity (Wildman–Crippen MR) is 100 cm³/mol. The minimum absolute atomic E-state index is 0.0410. The molecule has 0 radical (unpaired) electrons. The van der Waals surface area contributed by atoms with E-state index in [1.165, 1.54) is 18.4 Å². The van der Waals surface area contributed by atoms with E-state index in [0.29, 0.717) is 11.4 Å². The second kappa shape index (κ2) is 6.62. The standard InChI is InChI=1S/C19H25NO2S2/c1-14-10-16(3)18(11-15(14)2)24(21,22)20-13-19(7-4-5-8-19)17-6-9-23-12-17/h6,9-12,20H,4-5,7-8,13H2,1-3H3. The summed E-state index contributed by atoms with van der Waals surface area (Å²) >= 11 is 1.68. The van der Waals surface area contributed by atoms with Gasteiger partial charge in [-0.1, -0.05) is 18.9 Å². The molecule has 1 aromatic carbocycles. The third kappa shape index (κ3) is 3.30. The molecule has 5 heteroatoms. The number of benzene rings is 1. The molecule has 0 amide bonds. The summed E-state index contributed by atoms with van der Waals surface area (Å²) in [5, 5.41) is 4.25. The van der Waals surface area contributed by atoms with Gasteiger partial charge in [-0.25, -0.2) is 13.1 Å². The first kappa shape index (κ1) is 17.6. The largest absolute Gasteiger partial charge is 0.240 e. The molecule has 0 aliphatic heterocycles. The fourth-order valence-electron chi connectivity index (χ4n) is 3.72. The highest BCUT2D eigenvalue weighted by atomic mass is 32.2. The molecule has 24 heavy (non-hydrogen) atoms. The quantitative estimate of drug-likeness (QED) is 0.852. The molecule has 0 bridgehead atoms. The van der Waals surface area contributed by atoms with Gasteiger partial charge < -0.3 is 0 Å². The number of sulfonamides is 1. The van der Waals surface area contributed by atoms with Crippen molar-refractivity contribution in [2.45, 2.75) is 56.8 Å². The van der Waals surface area contributed by atoms with Crippen LogP contribution >= 0.6 is 11.3 Å². The zero-order valence-electron chi connectivity index (χ0n) is 14.6. The van der Waals surface area contributed by atoms with Gasteiger partial charge in [-0.2, -0.15) is 11.3 Å². The van der Waals surface area contributed by atoms with Crippen LogP contribution in [0.1, 0.15) is 47.9 Å². The van der Waals surface area contributed by atoms with E-state index < -0.39 is 10.0 Å². The minimum atomic E-state index is -3.49. The normalized spacial score (nSPS) is 17.3. The second-order valence-electron chi connectivity index (χ2n) is 7.03. The van der Waals surface area contributed by atoms with Gasteiger partial charge in [0.05, 0.1) is 4.90 Å².